The first-order chi connectivity index (χ1) is 9.82. The van der Waals surface area contributed by atoms with Gasteiger partial charge in [0, 0.05) is 19.1 Å². The topological polar surface area (TPSA) is 63.4 Å². The monoisotopic (exact) mass is 310 g/mol. The summed E-state index contributed by atoms with van der Waals surface area (Å²) < 4.78 is 27.0. The molecule has 118 valence electrons. The summed E-state index contributed by atoms with van der Waals surface area (Å²) in [6, 6.07) is 6.96. The molecule has 0 aromatic heterocycles. The molecule has 1 aromatic carbocycles. The molecule has 0 spiro atoms. The van der Waals surface area contributed by atoms with Crippen molar-refractivity contribution in [3.63, 3.8) is 0 Å². The predicted octanol–water partition coefficient (Wildman–Crippen LogP) is 2.91. The van der Waals surface area contributed by atoms with Crippen LogP contribution in [0.4, 0.5) is 0 Å². The Hall–Kier alpha value is -0.910. The third kappa shape index (κ3) is 3.65. The highest BCUT2D eigenvalue weighted by Crippen LogP contribution is 2.30. The van der Waals surface area contributed by atoms with E-state index in [4.69, 9.17) is 5.73 Å². The normalized spacial score (nSPS) is 25.0. The van der Waals surface area contributed by atoms with Crippen LogP contribution in [0.1, 0.15) is 51.1 Å². The first-order valence-corrected chi connectivity index (χ1v) is 9.10. The highest BCUT2D eigenvalue weighted by Gasteiger charge is 2.30. The fourth-order valence-corrected chi connectivity index (χ4v) is 4.43. The maximum absolute atomic E-state index is 12.7. The summed E-state index contributed by atoms with van der Waals surface area (Å²) >= 11 is 0. The molecule has 0 bridgehead atoms. The van der Waals surface area contributed by atoms with E-state index in [1.54, 1.807) is 35.6 Å². The van der Waals surface area contributed by atoms with Crippen molar-refractivity contribution in [3.8, 4) is 0 Å². The zero-order valence-corrected chi connectivity index (χ0v) is 13.9. The van der Waals surface area contributed by atoms with Crippen LogP contribution < -0.4 is 5.73 Å². The van der Waals surface area contributed by atoms with Gasteiger partial charge in [-0.2, -0.15) is 4.31 Å². The fourth-order valence-electron chi connectivity index (χ4n) is 3.04. The SMILES string of the molecule is CC1CCCC(N(C)S(=O)(=O)c2ccc(C(C)N)cc2)C1. The Labute approximate surface area is 128 Å². The second-order valence-corrected chi connectivity index (χ2v) is 8.30. The fraction of sp³-hybridized carbons (Fsp3) is 0.625. The smallest absolute Gasteiger partial charge is 0.243 e. The average Bonchev–Trinajstić information content (AvgIpc) is 2.46. The molecule has 0 radical (unpaired) electrons. The molecule has 0 aliphatic heterocycles. The van der Waals surface area contributed by atoms with Crippen LogP contribution in [0.15, 0.2) is 29.2 Å². The molecule has 3 atom stereocenters. The number of hydrogen-bond acceptors (Lipinski definition) is 3. The number of hydrogen-bond donors (Lipinski definition) is 1. The molecule has 0 heterocycles. The minimum atomic E-state index is -3.41. The molecule has 3 unspecified atom stereocenters. The van der Waals surface area contributed by atoms with Gasteiger partial charge in [-0.3, -0.25) is 0 Å². The Morgan fingerprint density at radius 1 is 1.24 bits per heavy atom. The molecule has 4 nitrogen and oxygen atoms in total. The van der Waals surface area contributed by atoms with Crippen LogP contribution >= 0.6 is 0 Å². The van der Waals surface area contributed by atoms with Gasteiger partial charge in [-0.05, 0) is 43.4 Å². The molecule has 1 fully saturated rings. The predicted molar refractivity (Wildman–Crippen MR) is 85.4 cm³/mol. The second kappa shape index (κ2) is 6.46. The zero-order valence-electron chi connectivity index (χ0n) is 13.1. The van der Waals surface area contributed by atoms with E-state index in [0.29, 0.717) is 10.8 Å². The third-order valence-electron chi connectivity index (χ3n) is 4.51. The minimum Gasteiger partial charge on any atom is -0.324 e. The Kier molecular flexibility index (Phi) is 5.07. The van der Waals surface area contributed by atoms with Gasteiger partial charge < -0.3 is 5.73 Å². The van der Waals surface area contributed by atoms with Crippen LogP contribution in [-0.4, -0.2) is 25.8 Å². The molecule has 2 rings (SSSR count). The second-order valence-electron chi connectivity index (χ2n) is 6.30. The van der Waals surface area contributed by atoms with Crippen molar-refractivity contribution < 1.29 is 8.42 Å². The molecule has 21 heavy (non-hydrogen) atoms. The van der Waals surface area contributed by atoms with E-state index in [9.17, 15) is 8.42 Å². The number of sulfonamides is 1. The molecular weight excluding hydrogens is 284 g/mol. The average molecular weight is 310 g/mol. The lowest BCUT2D eigenvalue weighted by molar-refractivity contribution is 0.239. The van der Waals surface area contributed by atoms with Gasteiger partial charge in [0.1, 0.15) is 0 Å². The van der Waals surface area contributed by atoms with Gasteiger partial charge in [0.15, 0.2) is 0 Å². The van der Waals surface area contributed by atoms with Gasteiger partial charge in [0.25, 0.3) is 0 Å². The Balaban J connectivity index is 2.20. The Morgan fingerprint density at radius 3 is 2.38 bits per heavy atom. The summed E-state index contributed by atoms with van der Waals surface area (Å²) in [6.07, 6.45) is 4.22. The van der Waals surface area contributed by atoms with Crippen molar-refractivity contribution in [2.75, 3.05) is 7.05 Å². The van der Waals surface area contributed by atoms with Gasteiger partial charge in [-0.1, -0.05) is 31.9 Å². The van der Waals surface area contributed by atoms with Gasteiger partial charge in [0.2, 0.25) is 10.0 Å². The van der Waals surface area contributed by atoms with Crippen LogP contribution in [-0.2, 0) is 10.0 Å². The molecule has 0 amide bonds. The van der Waals surface area contributed by atoms with Crippen LogP contribution in [0.25, 0.3) is 0 Å². The molecule has 1 saturated carbocycles. The summed E-state index contributed by atoms with van der Waals surface area (Å²) in [6.45, 7) is 4.09. The lowest BCUT2D eigenvalue weighted by Gasteiger charge is -2.33. The van der Waals surface area contributed by atoms with E-state index in [0.717, 1.165) is 24.8 Å². The number of nitrogens with two attached hydrogens (primary N) is 1. The summed E-state index contributed by atoms with van der Waals surface area (Å²) in [4.78, 5) is 0.354. The molecule has 1 aromatic rings. The van der Waals surface area contributed by atoms with Crippen molar-refractivity contribution in [2.24, 2.45) is 11.7 Å². The van der Waals surface area contributed by atoms with Crippen molar-refractivity contribution in [1.29, 1.82) is 0 Å². The van der Waals surface area contributed by atoms with E-state index in [1.807, 2.05) is 6.92 Å². The standard InChI is InChI=1S/C16H26N2O2S/c1-12-5-4-6-15(11-12)18(3)21(19,20)16-9-7-14(8-10-16)13(2)17/h7-10,12-13,15H,4-6,11,17H2,1-3H3. The van der Waals surface area contributed by atoms with E-state index in [2.05, 4.69) is 6.92 Å². The molecular formula is C16H26N2O2S. The van der Waals surface area contributed by atoms with Crippen LogP contribution in [0.3, 0.4) is 0 Å². The van der Waals surface area contributed by atoms with Crippen molar-refractivity contribution in [3.05, 3.63) is 29.8 Å². The highest BCUT2D eigenvalue weighted by molar-refractivity contribution is 7.89. The van der Waals surface area contributed by atoms with Crippen LogP contribution in [0.5, 0.6) is 0 Å². The Morgan fingerprint density at radius 2 is 1.86 bits per heavy atom. The largest absolute Gasteiger partial charge is 0.324 e. The van der Waals surface area contributed by atoms with E-state index in [-0.39, 0.29) is 12.1 Å². The minimum absolute atomic E-state index is 0.0846. The lowest BCUT2D eigenvalue weighted by atomic mass is 9.87. The van der Waals surface area contributed by atoms with Crippen LogP contribution in [0.2, 0.25) is 0 Å². The van der Waals surface area contributed by atoms with Crippen molar-refractivity contribution in [2.45, 2.75) is 56.5 Å². The first-order valence-electron chi connectivity index (χ1n) is 7.66. The maximum Gasteiger partial charge on any atom is 0.243 e. The van der Waals surface area contributed by atoms with Crippen molar-refractivity contribution >= 4 is 10.0 Å². The number of nitrogens with zero attached hydrogens (tertiary/aromatic N) is 1. The van der Waals surface area contributed by atoms with Crippen molar-refractivity contribution in [1.82, 2.24) is 4.31 Å². The molecule has 1 aliphatic carbocycles. The van der Waals surface area contributed by atoms with E-state index >= 15 is 0 Å². The summed E-state index contributed by atoms with van der Waals surface area (Å²) in [5.74, 6) is 0.599. The lowest BCUT2D eigenvalue weighted by Crippen LogP contribution is -2.39. The number of rotatable bonds is 4. The molecule has 2 N–H and O–H groups in total. The molecule has 1 aliphatic rings. The first kappa shape index (κ1) is 16.5. The molecule has 0 saturated heterocycles. The van der Waals surface area contributed by atoms with Gasteiger partial charge in [-0.15, -0.1) is 0 Å². The summed E-state index contributed by atoms with van der Waals surface area (Å²) in [7, 11) is -1.71. The molecule has 5 heteroatoms. The highest BCUT2D eigenvalue weighted by atomic mass is 32.2. The van der Waals surface area contributed by atoms with E-state index in [1.165, 1.54) is 6.42 Å². The van der Waals surface area contributed by atoms with Gasteiger partial charge in [0.05, 0.1) is 4.90 Å². The van der Waals surface area contributed by atoms with Gasteiger partial charge in [-0.25, -0.2) is 8.42 Å². The van der Waals surface area contributed by atoms with E-state index < -0.39 is 10.0 Å². The maximum atomic E-state index is 12.7. The Bertz CT molecular complexity index is 566. The third-order valence-corrected chi connectivity index (χ3v) is 6.43. The quantitative estimate of drug-likeness (QED) is 0.930. The van der Waals surface area contributed by atoms with Crippen LogP contribution in [0, 0.1) is 5.92 Å². The summed E-state index contributed by atoms with van der Waals surface area (Å²) in [5, 5.41) is 0. The van der Waals surface area contributed by atoms with Gasteiger partial charge >= 0.3 is 0 Å². The zero-order chi connectivity index (χ0) is 15.6. The number of benzene rings is 1. The summed E-state index contributed by atoms with van der Waals surface area (Å²) in [5.41, 5.74) is 6.75.